The summed E-state index contributed by atoms with van der Waals surface area (Å²) in [6, 6.07) is 9.19. The second kappa shape index (κ2) is 6.48. The summed E-state index contributed by atoms with van der Waals surface area (Å²) in [6.07, 6.45) is 2.74. The molecule has 0 saturated carbocycles. The number of anilines is 1. The van der Waals surface area contributed by atoms with Crippen LogP contribution in [0.15, 0.2) is 42.5 Å². The van der Waals surface area contributed by atoms with Gasteiger partial charge in [0.05, 0.1) is 0 Å². The van der Waals surface area contributed by atoms with Gasteiger partial charge in [0.25, 0.3) is 5.91 Å². The lowest BCUT2D eigenvalue weighted by molar-refractivity contribution is -0.131. The van der Waals surface area contributed by atoms with E-state index in [0.29, 0.717) is 6.54 Å². The number of para-hydroxylation sites is 1. The predicted octanol–water partition coefficient (Wildman–Crippen LogP) is 2.07. The maximum absolute atomic E-state index is 11.8. The third-order valence-corrected chi connectivity index (χ3v) is 2.15. The van der Waals surface area contributed by atoms with E-state index < -0.39 is 5.97 Å². The molecule has 1 aromatic rings. The number of carbonyl (C=O) groups excluding carboxylic acids is 1. The van der Waals surface area contributed by atoms with Gasteiger partial charge in [-0.2, -0.15) is 0 Å². The standard InChI is InChI=1S/C13H15NO3/c1-2-10-14(11-6-4-3-5-7-11)12(15)8-9-13(16)17/h3-9H,2,10H2,1H3,(H,16,17)/b9-8+. The van der Waals surface area contributed by atoms with Gasteiger partial charge in [0.15, 0.2) is 0 Å². The summed E-state index contributed by atoms with van der Waals surface area (Å²) in [5, 5.41) is 8.49. The van der Waals surface area contributed by atoms with E-state index in [9.17, 15) is 9.59 Å². The zero-order chi connectivity index (χ0) is 12.7. The number of hydrogen-bond acceptors (Lipinski definition) is 2. The molecule has 0 aliphatic rings. The van der Waals surface area contributed by atoms with Gasteiger partial charge in [0.2, 0.25) is 0 Å². The van der Waals surface area contributed by atoms with Gasteiger partial charge in [0, 0.05) is 24.4 Å². The van der Waals surface area contributed by atoms with E-state index in [-0.39, 0.29) is 5.91 Å². The SMILES string of the molecule is CCCN(C(=O)/C=C/C(=O)O)c1ccccc1. The Morgan fingerprint density at radius 3 is 2.41 bits per heavy atom. The largest absolute Gasteiger partial charge is 0.478 e. The Balaban J connectivity index is 2.86. The summed E-state index contributed by atoms with van der Waals surface area (Å²) in [5.41, 5.74) is 0.773. The van der Waals surface area contributed by atoms with E-state index in [0.717, 1.165) is 24.3 Å². The number of nitrogens with zero attached hydrogens (tertiary/aromatic N) is 1. The number of benzene rings is 1. The van der Waals surface area contributed by atoms with Crippen molar-refractivity contribution in [2.75, 3.05) is 11.4 Å². The molecule has 0 heterocycles. The molecule has 0 aliphatic carbocycles. The van der Waals surface area contributed by atoms with Crippen molar-refractivity contribution >= 4 is 17.6 Å². The molecule has 1 amide bonds. The van der Waals surface area contributed by atoms with Crippen molar-refractivity contribution in [3.63, 3.8) is 0 Å². The van der Waals surface area contributed by atoms with Gasteiger partial charge in [-0.1, -0.05) is 25.1 Å². The summed E-state index contributed by atoms with van der Waals surface area (Å²) in [7, 11) is 0. The predicted molar refractivity (Wildman–Crippen MR) is 65.9 cm³/mol. The third-order valence-electron chi connectivity index (χ3n) is 2.15. The number of amides is 1. The average Bonchev–Trinajstić information content (AvgIpc) is 2.34. The van der Waals surface area contributed by atoms with Crippen molar-refractivity contribution in [1.29, 1.82) is 0 Å². The molecule has 4 nitrogen and oxygen atoms in total. The highest BCUT2D eigenvalue weighted by Crippen LogP contribution is 2.14. The number of rotatable bonds is 5. The number of carbonyl (C=O) groups is 2. The lowest BCUT2D eigenvalue weighted by Crippen LogP contribution is -2.30. The number of hydrogen-bond donors (Lipinski definition) is 1. The van der Waals surface area contributed by atoms with E-state index in [1.165, 1.54) is 0 Å². The molecule has 0 saturated heterocycles. The maximum atomic E-state index is 11.8. The molecular weight excluding hydrogens is 218 g/mol. The van der Waals surface area contributed by atoms with Crippen LogP contribution in [0.5, 0.6) is 0 Å². The first-order valence-electron chi connectivity index (χ1n) is 5.42. The molecule has 0 bridgehead atoms. The summed E-state index contributed by atoms with van der Waals surface area (Å²) in [5.74, 6) is -1.44. The summed E-state index contributed by atoms with van der Waals surface area (Å²) < 4.78 is 0. The van der Waals surface area contributed by atoms with Crippen molar-refractivity contribution < 1.29 is 14.7 Å². The van der Waals surface area contributed by atoms with Gasteiger partial charge >= 0.3 is 5.97 Å². The molecule has 0 fully saturated rings. The second-order valence-corrected chi connectivity index (χ2v) is 3.50. The third kappa shape index (κ3) is 4.10. The molecule has 90 valence electrons. The fourth-order valence-electron chi connectivity index (χ4n) is 1.43. The first-order valence-corrected chi connectivity index (χ1v) is 5.42. The fourth-order valence-corrected chi connectivity index (χ4v) is 1.43. The van der Waals surface area contributed by atoms with Crippen LogP contribution in [-0.4, -0.2) is 23.5 Å². The van der Waals surface area contributed by atoms with Gasteiger partial charge in [-0.25, -0.2) is 4.79 Å². The Labute approximate surface area is 100 Å². The zero-order valence-electron chi connectivity index (χ0n) is 9.67. The molecule has 0 aliphatic heterocycles. The smallest absolute Gasteiger partial charge is 0.328 e. The van der Waals surface area contributed by atoms with Crippen molar-refractivity contribution in [3.8, 4) is 0 Å². The highest BCUT2D eigenvalue weighted by Gasteiger charge is 2.11. The molecule has 0 spiro atoms. The molecule has 0 radical (unpaired) electrons. The van der Waals surface area contributed by atoms with Crippen LogP contribution in [0.4, 0.5) is 5.69 Å². The van der Waals surface area contributed by atoms with Gasteiger partial charge in [-0.15, -0.1) is 0 Å². The van der Waals surface area contributed by atoms with Gasteiger partial charge in [-0.3, -0.25) is 4.79 Å². The topological polar surface area (TPSA) is 57.6 Å². The highest BCUT2D eigenvalue weighted by molar-refractivity contribution is 6.03. The number of aliphatic carboxylic acids is 1. The maximum Gasteiger partial charge on any atom is 0.328 e. The van der Waals surface area contributed by atoms with E-state index in [4.69, 9.17) is 5.11 Å². The average molecular weight is 233 g/mol. The minimum Gasteiger partial charge on any atom is -0.478 e. The van der Waals surface area contributed by atoms with Crippen LogP contribution >= 0.6 is 0 Å². The van der Waals surface area contributed by atoms with E-state index in [2.05, 4.69) is 0 Å². The van der Waals surface area contributed by atoms with Gasteiger partial charge in [0.1, 0.15) is 0 Å². The van der Waals surface area contributed by atoms with Crippen LogP contribution in [-0.2, 0) is 9.59 Å². The second-order valence-electron chi connectivity index (χ2n) is 3.50. The van der Waals surface area contributed by atoms with Crippen molar-refractivity contribution in [2.24, 2.45) is 0 Å². The Bertz CT molecular complexity index is 412. The molecule has 4 heteroatoms. The van der Waals surface area contributed by atoms with Crippen LogP contribution in [0.1, 0.15) is 13.3 Å². The zero-order valence-corrected chi connectivity index (χ0v) is 9.67. The Morgan fingerprint density at radius 2 is 1.88 bits per heavy atom. The monoisotopic (exact) mass is 233 g/mol. The normalized spacial score (nSPS) is 10.4. The van der Waals surface area contributed by atoms with Crippen molar-refractivity contribution in [2.45, 2.75) is 13.3 Å². The lowest BCUT2D eigenvalue weighted by Gasteiger charge is -2.20. The molecule has 0 unspecified atom stereocenters. The van der Waals surface area contributed by atoms with Crippen LogP contribution < -0.4 is 4.90 Å². The van der Waals surface area contributed by atoms with Gasteiger partial charge in [-0.05, 0) is 18.6 Å². The van der Waals surface area contributed by atoms with E-state index in [1.807, 2.05) is 37.3 Å². The molecular formula is C13H15NO3. The van der Waals surface area contributed by atoms with Crippen LogP contribution in [0, 0.1) is 0 Å². The summed E-state index contributed by atoms with van der Waals surface area (Å²) in [4.78, 5) is 23.7. The highest BCUT2D eigenvalue weighted by atomic mass is 16.4. The van der Waals surface area contributed by atoms with Gasteiger partial charge < -0.3 is 10.0 Å². The fraction of sp³-hybridized carbons (Fsp3) is 0.231. The molecule has 17 heavy (non-hydrogen) atoms. The number of carboxylic acid groups (broad SMARTS) is 1. The Hall–Kier alpha value is -2.10. The molecule has 0 atom stereocenters. The quantitative estimate of drug-likeness (QED) is 0.792. The minimum atomic E-state index is -1.12. The van der Waals surface area contributed by atoms with E-state index in [1.54, 1.807) is 4.90 Å². The minimum absolute atomic E-state index is 0.319. The first-order chi connectivity index (χ1) is 8.15. The van der Waals surface area contributed by atoms with Crippen LogP contribution in [0.2, 0.25) is 0 Å². The van der Waals surface area contributed by atoms with Crippen LogP contribution in [0.25, 0.3) is 0 Å². The van der Waals surface area contributed by atoms with Crippen molar-refractivity contribution in [3.05, 3.63) is 42.5 Å². The Morgan fingerprint density at radius 1 is 1.24 bits per heavy atom. The number of carboxylic acids is 1. The molecule has 0 aromatic heterocycles. The molecule has 1 N–H and O–H groups in total. The van der Waals surface area contributed by atoms with E-state index >= 15 is 0 Å². The lowest BCUT2D eigenvalue weighted by atomic mass is 10.2. The first kappa shape index (κ1) is 13.0. The summed E-state index contributed by atoms with van der Waals surface area (Å²) in [6.45, 7) is 2.52. The molecule has 1 rings (SSSR count). The van der Waals surface area contributed by atoms with Crippen LogP contribution in [0.3, 0.4) is 0 Å². The van der Waals surface area contributed by atoms with Crippen molar-refractivity contribution in [1.82, 2.24) is 0 Å². The summed E-state index contributed by atoms with van der Waals surface area (Å²) >= 11 is 0. The molecule has 1 aromatic carbocycles. The Kier molecular flexibility index (Phi) is 4.94.